The average Bonchev–Trinajstić information content (AvgIpc) is 2.42. The van der Waals surface area contributed by atoms with Crippen LogP contribution in [0.3, 0.4) is 0 Å². The minimum atomic E-state index is 0.0726. The number of nitrogens with one attached hydrogen (secondary N) is 1. The van der Waals surface area contributed by atoms with Gasteiger partial charge in [-0.25, -0.2) is 0 Å². The molecule has 1 aromatic heterocycles. The zero-order valence-corrected chi connectivity index (χ0v) is 11.4. The van der Waals surface area contributed by atoms with Crippen LogP contribution in [0.4, 0.5) is 5.69 Å². The number of halogens is 1. The van der Waals surface area contributed by atoms with E-state index in [4.69, 9.17) is 21.4 Å². The normalized spacial score (nSPS) is 10.8. The van der Waals surface area contributed by atoms with Crippen LogP contribution in [-0.4, -0.2) is 36.5 Å². The number of benzene rings is 1. The van der Waals surface area contributed by atoms with Gasteiger partial charge in [0, 0.05) is 35.4 Å². The van der Waals surface area contributed by atoms with Crippen LogP contribution in [0.5, 0.6) is 0 Å². The molecule has 102 valence electrons. The second kappa shape index (κ2) is 7.28. The van der Waals surface area contributed by atoms with Crippen molar-refractivity contribution >= 4 is 28.2 Å². The first-order chi connectivity index (χ1) is 9.31. The monoisotopic (exact) mass is 280 g/mol. The molecule has 0 aliphatic carbocycles. The van der Waals surface area contributed by atoms with Gasteiger partial charge in [-0.15, -0.1) is 0 Å². The molecule has 0 bridgehead atoms. The summed E-state index contributed by atoms with van der Waals surface area (Å²) in [6, 6.07) is 7.63. The van der Waals surface area contributed by atoms with E-state index in [0.717, 1.165) is 29.6 Å². The summed E-state index contributed by atoms with van der Waals surface area (Å²) in [5.74, 6) is 0. The van der Waals surface area contributed by atoms with Crippen LogP contribution in [0.25, 0.3) is 10.9 Å². The molecule has 0 spiro atoms. The van der Waals surface area contributed by atoms with Crippen LogP contribution in [0.2, 0.25) is 5.02 Å². The lowest BCUT2D eigenvalue weighted by atomic mass is 10.2. The maximum atomic E-state index is 8.58. The number of aliphatic hydroxyl groups excluding tert-OH is 1. The van der Waals surface area contributed by atoms with Gasteiger partial charge in [-0.05, 0) is 30.7 Å². The Labute approximate surface area is 117 Å². The minimum Gasteiger partial charge on any atom is -0.394 e. The number of aliphatic hydroxyl groups is 1. The van der Waals surface area contributed by atoms with E-state index in [1.807, 2.05) is 24.3 Å². The summed E-state index contributed by atoms with van der Waals surface area (Å²) in [4.78, 5) is 4.29. The van der Waals surface area contributed by atoms with Crippen LogP contribution < -0.4 is 5.32 Å². The second-order valence-electron chi connectivity index (χ2n) is 4.14. The molecule has 0 unspecified atom stereocenters. The summed E-state index contributed by atoms with van der Waals surface area (Å²) >= 11 is 5.95. The molecule has 2 rings (SSSR count). The van der Waals surface area contributed by atoms with Gasteiger partial charge in [0.05, 0.1) is 18.7 Å². The topological polar surface area (TPSA) is 54.4 Å². The van der Waals surface area contributed by atoms with Crippen molar-refractivity contribution in [2.45, 2.75) is 6.42 Å². The van der Waals surface area contributed by atoms with Crippen LogP contribution in [0.15, 0.2) is 30.5 Å². The average molecular weight is 281 g/mol. The van der Waals surface area contributed by atoms with Crippen molar-refractivity contribution in [1.82, 2.24) is 4.98 Å². The van der Waals surface area contributed by atoms with E-state index in [1.54, 1.807) is 6.20 Å². The molecule has 4 nitrogen and oxygen atoms in total. The number of nitrogens with zero attached hydrogens (tertiary/aromatic N) is 1. The predicted octanol–water partition coefficient (Wildman–Crippen LogP) is 2.70. The highest BCUT2D eigenvalue weighted by atomic mass is 35.5. The molecule has 0 aliphatic heterocycles. The van der Waals surface area contributed by atoms with Crippen molar-refractivity contribution in [2.75, 3.05) is 31.7 Å². The van der Waals surface area contributed by atoms with Crippen molar-refractivity contribution in [1.29, 1.82) is 0 Å². The maximum Gasteiger partial charge on any atom is 0.0737 e. The number of hydrogen-bond acceptors (Lipinski definition) is 4. The number of aromatic nitrogens is 1. The van der Waals surface area contributed by atoms with Gasteiger partial charge in [-0.3, -0.25) is 4.98 Å². The molecule has 0 saturated carbocycles. The van der Waals surface area contributed by atoms with Gasteiger partial charge in [0.1, 0.15) is 0 Å². The van der Waals surface area contributed by atoms with Gasteiger partial charge < -0.3 is 15.2 Å². The Kier molecular flexibility index (Phi) is 5.39. The molecule has 2 N–H and O–H groups in total. The maximum absolute atomic E-state index is 8.58. The van der Waals surface area contributed by atoms with Crippen LogP contribution in [0, 0.1) is 0 Å². The van der Waals surface area contributed by atoms with E-state index in [2.05, 4.69) is 10.3 Å². The fourth-order valence-corrected chi connectivity index (χ4v) is 2.01. The Morgan fingerprint density at radius 2 is 2.16 bits per heavy atom. The molecule has 0 saturated heterocycles. The van der Waals surface area contributed by atoms with E-state index >= 15 is 0 Å². The quantitative estimate of drug-likeness (QED) is 0.766. The number of hydrogen-bond donors (Lipinski definition) is 2. The smallest absolute Gasteiger partial charge is 0.0737 e. The summed E-state index contributed by atoms with van der Waals surface area (Å²) in [5.41, 5.74) is 1.93. The van der Waals surface area contributed by atoms with Crippen LogP contribution in [0.1, 0.15) is 6.42 Å². The highest BCUT2D eigenvalue weighted by molar-refractivity contribution is 6.31. The molecule has 2 aromatic rings. The fraction of sp³-hybridized carbons (Fsp3) is 0.357. The van der Waals surface area contributed by atoms with Crippen molar-refractivity contribution in [2.24, 2.45) is 0 Å². The lowest BCUT2D eigenvalue weighted by molar-refractivity contribution is 0.0922. The van der Waals surface area contributed by atoms with E-state index in [0.29, 0.717) is 18.2 Å². The highest BCUT2D eigenvalue weighted by Gasteiger charge is 2.01. The summed E-state index contributed by atoms with van der Waals surface area (Å²) in [5, 5.41) is 13.7. The van der Waals surface area contributed by atoms with E-state index < -0.39 is 0 Å². The molecule has 1 aromatic carbocycles. The number of fused-ring (bicyclic) bond motifs is 1. The Bertz CT molecular complexity index is 534. The summed E-state index contributed by atoms with van der Waals surface area (Å²) < 4.78 is 5.20. The van der Waals surface area contributed by atoms with Crippen LogP contribution in [-0.2, 0) is 4.74 Å². The molecule has 0 fully saturated rings. The highest BCUT2D eigenvalue weighted by Crippen LogP contribution is 2.24. The zero-order chi connectivity index (χ0) is 13.5. The first-order valence-corrected chi connectivity index (χ1v) is 6.66. The summed E-state index contributed by atoms with van der Waals surface area (Å²) in [6.07, 6.45) is 2.65. The van der Waals surface area contributed by atoms with Gasteiger partial charge in [0.15, 0.2) is 0 Å². The van der Waals surface area contributed by atoms with Crippen molar-refractivity contribution in [3.8, 4) is 0 Å². The Hall–Kier alpha value is -1.36. The van der Waals surface area contributed by atoms with Crippen molar-refractivity contribution < 1.29 is 9.84 Å². The standard InChI is InChI=1S/C14H17ClN2O2/c15-11-2-3-12-13(4-6-17-14(12)10-11)16-5-1-8-19-9-7-18/h2-4,6,10,18H,1,5,7-9H2,(H,16,17). The number of rotatable bonds is 7. The summed E-state index contributed by atoms with van der Waals surface area (Å²) in [7, 11) is 0. The molecule has 0 radical (unpaired) electrons. The van der Waals surface area contributed by atoms with Gasteiger partial charge in [0.2, 0.25) is 0 Å². The third kappa shape index (κ3) is 4.06. The predicted molar refractivity (Wildman–Crippen MR) is 77.8 cm³/mol. The number of pyridine rings is 1. The van der Waals surface area contributed by atoms with Gasteiger partial charge in [-0.2, -0.15) is 0 Å². The Morgan fingerprint density at radius 1 is 1.26 bits per heavy atom. The molecule has 0 aliphatic rings. The molecule has 19 heavy (non-hydrogen) atoms. The molecule has 5 heteroatoms. The number of anilines is 1. The summed E-state index contributed by atoms with van der Waals surface area (Å²) in [6.45, 7) is 1.93. The molecular weight excluding hydrogens is 264 g/mol. The third-order valence-corrected chi connectivity index (χ3v) is 2.96. The van der Waals surface area contributed by atoms with E-state index in [9.17, 15) is 0 Å². The van der Waals surface area contributed by atoms with E-state index in [1.165, 1.54) is 0 Å². The first kappa shape index (κ1) is 14.1. The van der Waals surface area contributed by atoms with Gasteiger partial charge in [-0.1, -0.05) is 11.6 Å². The second-order valence-corrected chi connectivity index (χ2v) is 4.57. The Balaban J connectivity index is 1.93. The molecule has 0 atom stereocenters. The van der Waals surface area contributed by atoms with Gasteiger partial charge in [0.25, 0.3) is 0 Å². The number of ether oxygens (including phenoxy) is 1. The van der Waals surface area contributed by atoms with E-state index in [-0.39, 0.29) is 6.61 Å². The Morgan fingerprint density at radius 3 is 3.00 bits per heavy atom. The van der Waals surface area contributed by atoms with Crippen LogP contribution >= 0.6 is 11.6 Å². The fourth-order valence-electron chi connectivity index (χ4n) is 1.84. The largest absolute Gasteiger partial charge is 0.394 e. The lowest BCUT2D eigenvalue weighted by Gasteiger charge is -2.09. The lowest BCUT2D eigenvalue weighted by Crippen LogP contribution is -2.07. The van der Waals surface area contributed by atoms with Gasteiger partial charge >= 0.3 is 0 Å². The zero-order valence-electron chi connectivity index (χ0n) is 10.6. The molecule has 1 heterocycles. The van der Waals surface area contributed by atoms with Crippen molar-refractivity contribution in [3.05, 3.63) is 35.5 Å². The molecular formula is C14H17ClN2O2. The SMILES string of the molecule is OCCOCCCNc1ccnc2cc(Cl)ccc12. The molecule has 0 amide bonds. The minimum absolute atomic E-state index is 0.0726. The third-order valence-electron chi connectivity index (χ3n) is 2.72. The first-order valence-electron chi connectivity index (χ1n) is 6.28. The van der Waals surface area contributed by atoms with Crippen molar-refractivity contribution in [3.63, 3.8) is 0 Å².